The number of aliphatic carboxylic acids is 1. The second-order valence-electron chi connectivity index (χ2n) is 5.85. The quantitative estimate of drug-likeness (QED) is 0.872. The smallest absolute Gasteiger partial charge is 0.308 e. The molecular formula is C19H20FNO4. The maximum Gasteiger partial charge on any atom is 0.308 e. The molecule has 0 fully saturated rings. The van der Waals surface area contributed by atoms with Crippen LogP contribution in [-0.4, -0.2) is 42.6 Å². The SMILES string of the molecule is COc1ccc(-c2ccc(C(=O)N(C)CC(C)C(=O)O)c(F)c2)cc1. The number of hydrogen-bond acceptors (Lipinski definition) is 3. The van der Waals surface area contributed by atoms with Crippen LogP contribution >= 0.6 is 0 Å². The summed E-state index contributed by atoms with van der Waals surface area (Å²) >= 11 is 0. The van der Waals surface area contributed by atoms with Crippen LogP contribution in [0.2, 0.25) is 0 Å². The monoisotopic (exact) mass is 345 g/mol. The first-order valence-corrected chi connectivity index (χ1v) is 7.75. The number of amides is 1. The van der Waals surface area contributed by atoms with Crippen molar-refractivity contribution in [3.8, 4) is 16.9 Å². The Bertz CT molecular complexity index is 773. The largest absolute Gasteiger partial charge is 0.497 e. The minimum Gasteiger partial charge on any atom is -0.497 e. The molecule has 0 aliphatic rings. The van der Waals surface area contributed by atoms with Gasteiger partial charge in [0.2, 0.25) is 0 Å². The highest BCUT2D eigenvalue weighted by Gasteiger charge is 2.21. The van der Waals surface area contributed by atoms with E-state index in [1.54, 1.807) is 37.4 Å². The lowest BCUT2D eigenvalue weighted by Crippen LogP contribution is -2.34. The summed E-state index contributed by atoms with van der Waals surface area (Å²) in [4.78, 5) is 24.4. The van der Waals surface area contributed by atoms with Crippen LogP contribution in [0.3, 0.4) is 0 Å². The number of ether oxygens (including phenoxy) is 1. The van der Waals surface area contributed by atoms with E-state index in [2.05, 4.69) is 0 Å². The molecule has 0 spiro atoms. The molecular weight excluding hydrogens is 325 g/mol. The molecule has 0 aliphatic carbocycles. The standard InChI is InChI=1S/C19H20FNO4/c1-12(19(23)24)11-21(2)18(22)16-9-6-14(10-17(16)20)13-4-7-15(25-3)8-5-13/h4-10,12H,11H2,1-3H3,(H,23,24). The maximum atomic E-state index is 14.4. The van der Waals surface area contributed by atoms with Gasteiger partial charge in [0.1, 0.15) is 11.6 Å². The lowest BCUT2D eigenvalue weighted by Gasteiger charge is -2.20. The highest BCUT2D eigenvalue weighted by molar-refractivity contribution is 5.95. The number of carbonyl (C=O) groups is 2. The molecule has 132 valence electrons. The van der Waals surface area contributed by atoms with Crippen molar-refractivity contribution in [1.29, 1.82) is 0 Å². The summed E-state index contributed by atoms with van der Waals surface area (Å²) in [6, 6.07) is 11.5. The zero-order valence-electron chi connectivity index (χ0n) is 14.3. The Kier molecular flexibility index (Phi) is 5.75. The Morgan fingerprint density at radius 3 is 2.28 bits per heavy atom. The molecule has 1 unspecified atom stereocenters. The summed E-state index contributed by atoms with van der Waals surface area (Å²) in [5.41, 5.74) is 1.35. The van der Waals surface area contributed by atoms with Gasteiger partial charge in [0.05, 0.1) is 18.6 Å². The van der Waals surface area contributed by atoms with E-state index < -0.39 is 23.6 Å². The molecule has 0 saturated heterocycles. The third kappa shape index (κ3) is 4.35. The molecule has 2 rings (SSSR count). The lowest BCUT2D eigenvalue weighted by molar-refractivity contribution is -0.141. The van der Waals surface area contributed by atoms with Crippen molar-refractivity contribution < 1.29 is 23.8 Å². The van der Waals surface area contributed by atoms with Crippen LogP contribution in [0.4, 0.5) is 4.39 Å². The minimum absolute atomic E-state index is 0.00778. The number of carbonyl (C=O) groups excluding carboxylic acids is 1. The summed E-state index contributed by atoms with van der Waals surface area (Å²) in [6.45, 7) is 1.50. The first kappa shape index (κ1) is 18.4. The molecule has 2 aromatic rings. The lowest BCUT2D eigenvalue weighted by atomic mass is 10.0. The van der Waals surface area contributed by atoms with Crippen LogP contribution < -0.4 is 4.74 Å². The summed E-state index contributed by atoms with van der Waals surface area (Å²) in [6.07, 6.45) is 0. The molecule has 1 atom stereocenters. The predicted molar refractivity (Wildman–Crippen MR) is 92.1 cm³/mol. The van der Waals surface area contributed by atoms with Crippen molar-refractivity contribution in [1.82, 2.24) is 4.90 Å². The van der Waals surface area contributed by atoms with Crippen LogP contribution in [0.15, 0.2) is 42.5 Å². The fraction of sp³-hybridized carbons (Fsp3) is 0.263. The summed E-state index contributed by atoms with van der Waals surface area (Å²) in [5, 5.41) is 8.92. The van der Waals surface area contributed by atoms with Gasteiger partial charge >= 0.3 is 5.97 Å². The van der Waals surface area contributed by atoms with Crippen molar-refractivity contribution in [3.05, 3.63) is 53.8 Å². The summed E-state index contributed by atoms with van der Waals surface area (Å²) < 4.78 is 19.5. The highest BCUT2D eigenvalue weighted by atomic mass is 19.1. The van der Waals surface area contributed by atoms with Gasteiger partial charge in [-0.25, -0.2) is 4.39 Å². The Morgan fingerprint density at radius 2 is 1.76 bits per heavy atom. The Morgan fingerprint density at radius 1 is 1.16 bits per heavy atom. The molecule has 0 radical (unpaired) electrons. The minimum atomic E-state index is -1.00. The highest BCUT2D eigenvalue weighted by Crippen LogP contribution is 2.24. The third-order valence-corrected chi connectivity index (χ3v) is 3.94. The van der Waals surface area contributed by atoms with Gasteiger partial charge in [0, 0.05) is 13.6 Å². The normalized spacial score (nSPS) is 11.7. The molecule has 1 amide bonds. The molecule has 5 nitrogen and oxygen atoms in total. The van der Waals surface area contributed by atoms with Crippen LogP contribution in [0, 0.1) is 11.7 Å². The molecule has 0 saturated carbocycles. The molecule has 6 heteroatoms. The van der Waals surface area contributed by atoms with Gasteiger partial charge in [-0.2, -0.15) is 0 Å². The van der Waals surface area contributed by atoms with Gasteiger partial charge in [-0.1, -0.05) is 25.1 Å². The van der Waals surface area contributed by atoms with Gasteiger partial charge in [0.25, 0.3) is 5.91 Å². The topological polar surface area (TPSA) is 66.8 Å². The van der Waals surface area contributed by atoms with Gasteiger partial charge in [0.15, 0.2) is 0 Å². The number of hydrogen-bond donors (Lipinski definition) is 1. The van der Waals surface area contributed by atoms with Gasteiger partial charge in [-0.15, -0.1) is 0 Å². The zero-order valence-corrected chi connectivity index (χ0v) is 14.3. The molecule has 1 N–H and O–H groups in total. The fourth-order valence-corrected chi connectivity index (χ4v) is 2.43. The molecule has 0 heterocycles. The van der Waals surface area contributed by atoms with Crippen LogP contribution in [0.25, 0.3) is 11.1 Å². The van der Waals surface area contributed by atoms with E-state index in [1.165, 1.54) is 31.0 Å². The average Bonchev–Trinajstić information content (AvgIpc) is 2.60. The number of benzene rings is 2. The Labute approximate surface area is 145 Å². The first-order valence-electron chi connectivity index (χ1n) is 7.75. The van der Waals surface area contributed by atoms with Gasteiger partial charge in [-0.05, 0) is 35.4 Å². The van der Waals surface area contributed by atoms with Crippen molar-refractivity contribution in [3.63, 3.8) is 0 Å². The second kappa shape index (κ2) is 7.79. The molecule has 0 aliphatic heterocycles. The average molecular weight is 345 g/mol. The second-order valence-corrected chi connectivity index (χ2v) is 5.85. The van der Waals surface area contributed by atoms with Gasteiger partial charge < -0.3 is 14.7 Å². The maximum absolute atomic E-state index is 14.4. The van der Waals surface area contributed by atoms with Crippen LogP contribution in [0.1, 0.15) is 17.3 Å². The molecule has 0 bridgehead atoms. The summed E-state index contributed by atoms with van der Waals surface area (Å²) in [5.74, 6) is -2.23. The van der Waals surface area contributed by atoms with E-state index in [1.807, 2.05) is 0 Å². The number of carboxylic acid groups (broad SMARTS) is 1. The van der Waals surface area contributed by atoms with Crippen LogP contribution in [-0.2, 0) is 4.79 Å². The number of halogens is 1. The van der Waals surface area contributed by atoms with Crippen molar-refractivity contribution in [2.24, 2.45) is 5.92 Å². The predicted octanol–water partition coefficient (Wildman–Crippen LogP) is 3.29. The van der Waals surface area contributed by atoms with Crippen molar-refractivity contribution >= 4 is 11.9 Å². The first-order chi connectivity index (χ1) is 11.8. The zero-order chi connectivity index (χ0) is 18.6. The molecule has 2 aromatic carbocycles. The van der Waals surface area contributed by atoms with Crippen molar-refractivity contribution in [2.45, 2.75) is 6.92 Å². The van der Waals surface area contributed by atoms with E-state index >= 15 is 0 Å². The van der Waals surface area contributed by atoms with E-state index in [-0.39, 0.29) is 12.1 Å². The van der Waals surface area contributed by atoms with Gasteiger partial charge in [-0.3, -0.25) is 9.59 Å². The fourth-order valence-electron chi connectivity index (χ4n) is 2.43. The third-order valence-electron chi connectivity index (χ3n) is 3.94. The van der Waals surface area contributed by atoms with Crippen LogP contribution in [0.5, 0.6) is 5.75 Å². The molecule has 25 heavy (non-hydrogen) atoms. The number of methoxy groups -OCH3 is 1. The number of nitrogens with zero attached hydrogens (tertiary/aromatic N) is 1. The Hall–Kier alpha value is -2.89. The van der Waals surface area contributed by atoms with E-state index in [0.717, 1.165) is 5.56 Å². The Balaban J connectivity index is 2.20. The van der Waals surface area contributed by atoms with E-state index in [0.29, 0.717) is 11.3 Å². The van der Waals surface area contributed by atoms with Crippen molar-refractivity contribution in [2.75, 3.05) is 20.7 Å². The summed E-state index contributed by atoms with van der Waals surface area (Å²) in [7, 11) is 3.02. The number of rotatable bonds is 6. The van der Waals surface area contributed by atoms with E-state index in [9.17, 15) is 14.0 Å². The van der Waals surface area contributed by atoms with E-state index in [4.69, 9.17) is 9.84 Å². The number of carboxylic acids is 1. The molecule has 0 aromatic heterocycles.